The van der Waals surface area contributed by atoms with Gasteiger partial charge in [0.05, 0.1) is 12.1 Å². The lowest BCUT2D eigenvalue weighted by Crippen LogP contribution is -2.01. The van der Waals surface area contributed by atoms with Crippen LogP contribution in [0.1, 0.15) is 24.0 Å². The van der Waals surface area contributed by atoms with E-state index in [2.05, 4.69) is 12.1 Å². The van der Waals surface area contributed by atoms with Crippen molar-refractivity contribution in [1.82, 2.24) is 0 Å². The minimum absolute atomic E-state index is 0.436. The van der Waals surface area contributed by atoms with Gasteiger partial charge in [0.2, 0.25) is 0 Å². The minimum Gasteiger partial charge on any atom is -0.485 e. The van der Waals surface area contributed by atoms with E-state index in [1.807, 2.05) is 72.8 Å². The molecule has 0 bridgehead atoms. The van der Waals surface area contributed by atoms with Crippen LogP contribution in [-0.2, 0) is 13.2 Å². The summed E-state index contributed by atoms with van der Waals surface area (Å²) in [5.74, 6) is 2.75. The Morgan fingerprint density at radius 3 is 1.41 bits per heavy atom. The number of rotatable bonds is 12. The second kappa shape index (κ2) is 13.4. The molecule has 0 heterocycles. The number of nitriles is 2. The van der Waals surface area contributed by atoms with Gasteiger partial charge in [-0.15, -0.1) is 23.5 Å². The molecule has 0 aromatic heterocycles. The first-order valence-corrected chi connectivity index (χ1v) is 12.3. The van der Waals surface area contributed by atoms with Crippen LogP contribution in [0.5, 0.6) is 11.5 Å². The molecule has 3 rings (SSSR count). The molecule has 0 fully saturated rings. The van der Waals surface area contributed by atoms with Gasteiger partial charge in [0.15, 0.2) is 11.5 Å². The van der Waals surface area contributed by atoms with E-state index in [0.717, 1.165) is 20.9 Å². The van der Waals surface area contributed by atoms with Gasteiger partial charge in [0, 0.05) is 34.1 Å². The molecule has 0 aliphatic heterocycles. The summed E-state index contributed by atoms with van der Waals surface area (Å²) in [7, 11) is 0. The van der Waals surface area contributed by atoms with Gasteiger partial charge < -0.3 is 9.47 Å². The Labute approximate surface area is 198 Å². The Hall–Kier alpha value is -3.06. The zero-order chi connectivity index (χ0) is 22.4. The van der Waals surface area contributed by atoms with E-state index in [-0.39, 0.29) is 0 Å². The van der Waals surface area contributed by atoms with Crippen molar-refractivity contribution < 1.29 is 9.47 Å². The van der Waals surface area contributed by atoms with Crippen molar-refractivity contribution in [3.05, 3.63) is 83.9 Å². The van der Waals surface area contributed by atoms with Gasteiger partial charge in [-0.2, -0.15) is 10.5 Å². The lowest BCUT2D eigenvalue weighted by atomic mass is 10.2. The molecular weight excluding hydrogens is 436 g/mol. The second-order valence-electron chi connectivity index (χ2n) is 6.81. The van der Waals surface area contributed by atoms with E-state index in [1.165, 1.54) is 0 Å². The maximum absolute atomic E-state index is 8.92. The number of ether oxygens (including phenoxy) is 2. The smallest absolute Gasteiger partial charge is 0.162 e. The fourth-order valence-electron chi connectivity index (χ4n) is 2.86. The normalized spacial score (nSPS) is 10.2. The van der Waals surface area contributed by atoms with Crippen LogP contribution in [0.15, 0.2) is 82.6 Å². The van der Waals surface area contributed by atoms with Crippen molar-refractivity contribution in [1.29, 1.82) is 10.5 Å². The van der Waals surface area contributed by atoms with Gasteiger partial charge >= 0.3 is 0 Å². The van der Waals surface area contributed by atoms with Crippen LogP contribution < -0.4 is 9.47 Å². The Balaban J connectivity index is 1.86. The van der Waals surface area contributed by atoms with Crippen LogP contribution in [0.2, 0.25) is 0 Å². The van der Waals surface area contributed by atoms with Gasteiger partial charge in [-0.25, -0.2) is 0 Å². The van der Waals surface area contributed by atoms with Crippen molar-refractivity contribution in [2.24, 2.45) is 0 Å². The number of hydrogen-bond donors (Lipinski definition) is 0. The van der Waals surface area contributed by atoms with Crippen molar-refractivity contribution in [2.45, 2.75) is 35.8 Å². The molecule has 0 atom stereocenters. The summed E-state index contributed by atoms with van der Waals surface area (Å²) in [4.78, 5) is 2.08. The number of thioether (sulfide) groups is 2. The average molecular weight is 461 g/mol. The molecule has 3 aromatic carbocycles. The average Bonchev–Trinajstić information content (AvgIpc) is 2.84. The van der Waals surface area contributed by atoms with Crippen molar-refractivity contribution in [3.63, 3.8) is 0 Å². The molecule has 0 aliphatic carbocycles. The van der Waals surface area contributed by atoms with Crippen LogP contribution >= 0.6 is 23.5 Å². The summed E-state index contributed by atoms with van der Waals surface area (Å²) in [6.45, 7) is 0.873. The summed E-state index contributed by atoms with van der Waals surface area (Å²) < 4.78 is 12.3. The van der Waals surface area contributed by atoms with Crippen LogP contribution in [-0.4, -0.2) is 11.5 Å². The quantitative estimate of drug-likeness (QED) is 0.217. The lowest BCUT2D eigenvalue weighted by Gasteiger charge is -2.17. The fourth-order valence-corrected chi connectivity index (χ4v) is 4.82. The molecule has 0 saturated heterocycles. The van der Waals surface area contributed by atoms with Gasteiger partial charge in [-0.3, -0.25) is 0 Å². The first-order valence-electron chi connectivity index (χ1n) is 10.3. The number of nitrogens with zero attached hydrogens (tertiary/aromatic N) is 2. The highest BCUT2D eigenvalue weighted by atomic mass is 32.2. The monoisotopic (exact) mass is 460 g/mol. The molecule has 162 valence electrons. The van der Waals surface area contributed by atoms with E-state index in [9.17, 15) is 0 Å². The molecule has 4 nitrogen and oxygen atoms in total. The Morgan fingerprint density at radius 2 is 1.03 bits per heavy atom. The Morgan fingerprint density at radius 1 is 0.625 bits per heavy atom. The van der Waals surface area contributed by atoms with Crippen LogP contribution in [0, 0.1) is 22.7 Å². The van der Waals surface area contributed by atoms with E-state index >= 15 is 0 Å². The molecular formula is C26H24N2O2S2. The summed E-state index contributed by atoms with van der Waals surface area (Å²) >= 11 is 3.25. The third-order valence-electron chi connectivity index (χ3n) is 4.43. The number of benzene rings is 3. The van der Waals surface area contributed by atoms with E-state index in [1.54, 1.807) is 23.5 Å². The van der Waals surface area contributed by atoms with Crippen molar-refractivity contribution >= 4 is 23.5 Å². The molecule has 32 heavy (non-hydrogen) atoms. The van der Waals surface area contributed by atoms with Gasteiger partial charge in [0.1, 0.15) is 13.2 Å². The maximum atomic E-state index is 8.92. The highest BCUT2D eigenvalue weighted by molar-refractivity contribution is 8.02. The number of hydrogen-bond acceptors (Lipinski definition) is 6. The van der Waals surface area contributed by atoms with Crippen LogP contribution in [0.3, 0.4) is 0 Å². The van der Waals surface area contributed by atoms with E-state index < -0.39 is 0 Å². The first-order chi connectivity index (χ1) is 15.8. The molecule has 0 spiro atoms. The molecule has 0 aliphatic rings. The predicted octanol–water partition coefficient (Wildman–Crippen LogP) is 6.86. The molecule has 0 radical (unpaired) electrons. The van der Waals surface area contributed by atoms with E-state index in [0.29, 0.717) is 49.1 Å². The molecule has 6 heteroatoms. The standard InChI is InChI=1S/C26H24N2O2S2/c27-13-7-15-31-25-17-23(29-19-21-9-3-1-4-10-21)24(18-26(25)32-16-8-14-28)30-20-22-11-5-2-6-12-22/h1-6,9-12,17-18H,7-8,15-16,19-20H2. The minimum atomic E-state index is 0.436. The predicted molar refractivity (Wildman–Crippen MR) is 130 cm³/mol. The fraction of sp³-hybridized carbons (Fsp3) is 0.231. The zero-order valence-corrected chi connectivity index (χ0v) is 19.3. The van der Waals surface area contributed by atoms with Gasteiger partial charge in [-0.1, -0.05) is 60.7 Å². The van der Waals surface area contributed by atoms with Crippen molar-refractivity contribution in [3.8, 4) is 23.6 Å². The van der Waals surface area contributed by atoms with Gasteiger partial charge in [0.25, 0.3) is 0 Å². The summed E-state index contributed by atoms with van der Waals surface area (Å²) in [6.07, 6.45) is 0.943. The molecule has 0 N–H and O–H groups in total. The lowest BCUT2D eigenvalue weighted by molar-refractivity contribution is 0.254. The summed E-state index contributed by atoms with van der Waals surface area (Å²) in [5, 5.41) is 17.8. The third-order valence-corrected chi connectivity index (χ3v) is 6.67. The summed E-state index contributed by atoms with van der Waals surface area (Å²) in [6, 6.07) is 28.4. The zero-order valence-electron chi connectivity index (χ0n) is 17.7. The summed E-state index contributed by atoms with van der Waals surface area (Å²) in [5.41, 5.74) is 2.15. The SMILES string of the molecule is N#CCCSc1cc(OCc2ccccc2)c(OCc2ccccc2)cc1SCCC#N. The molecule has 0 amide bonds. The molecule has 3 aromatic rings. The van der Waals surface area contributed by atoms with Gasteiger partial charge in [-0.05, 0) is 23.3 Å². The third kappa shape index (κ3) is 7.57. The Kier molecular flexibility index (Phi) is 9.86. The maximum Gasteiger partial charge on any atom is 0.162 e. The van der Waals surface area contributed by atoms with Crippen LogP contribution in [0.25, 0.3) is 0 Å². The highest BCUT2D eigenvalue weighted by Gasteiger charge is 2.14. The topological polar surface area (TPSA) is 66.0 Å². The van der Waals surface area contributed by atoms with Crippen LogP contribution in [0.4, 0.5) is 0 Å². The largest absolute Gasteiger partial charge is 0.485 e. The molecule has 0 unspecified atom stereocenters. The Bertz CT molecular complexity index is 974. The highest BCUT2D eigenvalue weighted by Crippen LogP contribution is 2.41. The van der Waals surface area contributed by atoms with E-state index in [4.69, 9.17) is 20.0 Å². The molecule has 0 saturated carbocycles. The van der Waals surface area contributed by atoms with Crippen molar-refractivity contribution in [2.75, 3.05) is 11.5 Å². The first kappa shape index (κ1) is 23.6. The second-order valence-corrected chi connectivity index (χ2v) is 9.08.